The van der Waals surface area contributed by atoms with Crippen LogP contribution in [-0.2, 0) is 6.42 Å². The number of nitrogens with zero attached hydrogens (tertiary/aromatic N) is 3. The number of aryl methyl sites for hydroxylation is 1. The third-order valence-corrected chi connectivity index (χ3v) is 5.44. The summed E-state index contributed by atoms with van der Waals surface area (Å²) >= 11 is 0. The van der Waals surface area contributed by atoms with Crippen LogP contribution >= 0.6 is 0 Å². The van der Waals surface area contributed by atoms with Crippen LogP contribution in [0, 0.1) is 6.92 Å². The lowest BCUT2D eigenvalue weighted by molar-refractivity contribution is 0.102. The fraction of sp³-hybridized carbons (Fsp3) is 0.125. The number of para-hydroxylation sites is 3. The molecule has 0 radical (unpaired) electrons. The van der Waals surface area contributed by atoms with Crippen LogP contribution in [-0.4, -0.2) is 21.8 Å². The largest absolute Gasteiger partial charge is 0.339 e. The second-order valence-electron chi connectivity index (χ2n) is 7.41. The molecule has 6 heteroatoms. The Labute approximate surface area is 173 Å². The van der Waals surface area contributed by atoms with E-state index in [-0.39, 0.29) is 11.1 Å². The number of nitrogens with one attached hydrogen (secondary N) is 1. The molecular formula is C24H20N4O2. The van der Waals surface area contributed by atoms with Crippen LogP contribution < -0.4 is 15.8 Å². The lowest BCUT2D eigenvalue weighted by Crippen LogP contribution is -2.27. The van der Waals surface area contributed by atoms with Gasteiger partial charge in [-0.3, -0.25) is 14.0 Å². The van der Waals surface area contributed by atoms with E-state index in [2.05, 4.69) is 27.3 Å². The fourth-order valence-electron chi connectivity index (χ4n) is 3.93. The number of carbonyl (C=O) groups is 1. The van der Waals surface area contributed by atoms with Crippen LogP contribution in [0.5, 0.6) is 0 Å². The van der Waals surface area contributed by atoms with E-state index in [1.807, 2.05) is 55.5 Å². The molecule has 30 heavy (non-hydrogen) atoms. The molecule has 2 aromatic carbocycles. The molecule has 2 aromatic heterocycles. The highest BCUT2D eigenvalue weighted by Crippen LogP contribution is 2.38. The molecule has 0 fully saturated rings. The molecule has 1 N–H and O–H groups in total. The molecule has 4 aromatic rings. The van der Waals surface area contributed by atoms with Crippen molar-refractivity contribution in [2.45, 2.75) is 13.3 Å². The third kappa shape index (κ3) is 3.03. The van der Waals surface area contributed by atoms with Gasteiger partial charge in [0.15, 0.2) is 0 Å². The number of fused-ring (bicyclic) bond motifs is 2. The van der Waals surface area contributed by atoms with Gasteiger partial charge in [0.25, 0.3) is 11.5 Å². The van der Waals surface area contributed by atoms with Crippen LogP contribution in [0.25, 0.3) is 5.65 Å². The second-order valence-corrected chi connectivity index (χ2v) is 7.41. The van der Waals surface area contributed by atoms with E-state index in [1.165, 1.54) is 16.2 Å². The average Bonchev–Trinajstić information content (AvgIpc) is 3.18. The zero-order valence-electron chi connectivity index (χ0n) is 16.5. The van der Waals surface area contributed by atoms with Gasteiger partial charge in [-0.05, 0) is 54.8 Å². The molecule has 0 spiro atoms. The van der Waals surface area contributed by atoms with Gasteiger partial charge in [0.05, 0.1) is 11.4 Å². The predicted molar refractivity (Wildman–Crippen MR) is 118 cm³/mol. The number of hydrogen-bond acceptors (Lipinski definition) is 4. The smallest absolute Gasteiger partial charge is 0.270 e. The molecule has 0 atom stereocenters. The highest BCUT2D eigenvalue weighted by atomic mass is 16.2. The lowest BCUT2D eigenvalue weighted by atomic mass is 10.1. The minimum absolute atomic E-state index is 0.00739. The van der Waals surface area contributed by atoms with Crippen molar-refractivity contribution in [1.82, 2.24) is 9.38 Å². The molecule has 148 valence electrons. The second kappa shape index (κ2) is 7.15. The minimum atomic E-state index is -0.470. The average molecular weight is 396 g/mol. The molecular weight excluding hydrogens is 376 g/mol. The van der Waals surface area contributed by atoms with Gasteiger partial charge in [-0.2, -0.15) is 0 Å². The Morgan fingerprint density at radius 3 is 2.67 bits per heavy atom. The van der Waals surface area contributed by atoms with Gasteiger partial charge >= 0.3 is 0 Å². The Hall–Kier alpha value is -3.93. The quantitative estimate of drug-likeness (QED) is 0.569. The van der Waals surface area contributed by atoms with E-state index in [0.717, 1.165) is 29.9 Å². The summed E-state index contributed by atoms with van der Waals surface area (Å²) < 4.78 is 1.39. The van der Waals surface area contributed by atoms with E-state index in [1.54, 1.807) is 6.20 Å². The first-order valence-electron chi connectivity index (χ1n) is 9.86. The Bertz CT molecular complexity index is 1340. The van der Waals surface area contributed by atoms with Crippen molar-refractivity contribution in [2.75, 3.05) is 16.8 Å². The summed E-state index contributed by atoms with van der Waals surface area (Å²) in [5.41, 5.74) is 5.12. The Kier molecular flexibility index (Phi) is 4.32. The molecule has 0 bridgehead atoms. The zero-order chi connectivity index (χ0) is 20.7. The monoisotopic (exact) mass is 396 g/mol. The molecule has 0 aliphatic carbocycles. The molecule has 3 heterocycles. The van der Waals surface area contributed by atoms with Crippen molar-refractivity contribution >= 4 is 28.6 Å². The number of carbonyl (C=O) groups excluding carboxylic acids is 1. The van der Waals surface area contributed by atoms with Gasteiger partial charge in [-0.25, -0.2) is 4.98 Å². The summed E-state index contributed by atoms with van der Waals surface area (Å²) in [6.07, 6.45) is 3.94. The van der Waals surface area contributed by atoms with Crippen molar-refractivity contribution in [3.8, 4) is 0 Å². The van der Waals surface area contributed by atoms with Crippen LogP contribution in [0.2, 0.25) is 0 Å². The first-order chi connectivity index (χ1) is 14.6. The van der Waals surface area contributed by atoms with Gasteiger partial charge in [0.2, 0.25) is 0 Å². The number of aromatic nitrogens is 2. The number of rotatable bonds is 3. The maximum atomic E-state index is 13.0. The van der Waals surface area contributed by atoms with E-state index in [4.69, 9.17) is 0 Å². The van der Waals surface area contributed by atoms with Gasteiger partial charge < -0.3 is 10.2 Å². The van der Waals surface area contributed by atoms with Crippen molar-refractivity contribution < 1.29 is 4.79 Å². The zero-order valence-corrected chi connectivity index (χ0v) is 16.5. The Morgan fingerprint density at radius 1 is 1.03 bits per heavy atom. The summed E-state index contributed by atoms with van der Waals surface area (Å²) in [4.78, 5) is 32.3. The topological polar surface area (TPSA) is 66.7 Å². The standard InChI is InChI=1S/C24H20N4O2/c1-16-10-12-28-22(14-16)25-15-18(24(28)30)23(29)26-19-7-3-5-9-21(19)27-13-11-17-6-2-4-8-20(17)27/h2-10,12,14-15H,11,13H2,1H3,(H,26,29). The third-order valence-electron chi connectivity index (χ3n) is 5.44. The highest BCUT2D eigenvalue weighted by Gasteiger charge is 2.23. The van der Waals surface area contributed by atoms with E-state index in [9.17, 15) is 9.59 Å². The van der Waals surface area contributed by atoms with Gasteiger partial charge in [0.1, 0.15) is 11.2 Å². The first-order valence-corrected chi connectivity index (χ1v) is 9.86. The summed E-state index contributed by atoms with van der Waals surface area (Å²) in [5.74, 6) is -0.470. The van der Waals surface area contributed by atoms with Crippen molar-refractivity contribution in [3.05, 3.63) is 100 Å². The summed E-state index contributed by atoms with van der Waals surface area (Å²) in [6, 6.07) is 19.5. The highest BCUT2D eigenvalue weighted by molar-refractivity contribution is 6.06. The molecule has 0 unspecified atom stereocenters. The molecule has 1 amide bonds. The van der Waals surface area contributed by atoms with Crippen molar-refractivity contribution in [2.24, 2.45) is 0 Å². The molecule has 0 saturated heterocycles. The summed E-state index contributed by atoms with van der Waals surface area (Å²) in [5, 5.41) is 2.92. The van der Waals surface area contributed by atoms with Crippen LogP contribution in [0.15, 0.2) is 77.9 Å². The molecule has 6 nitrogen and oxygen atoms in total. The molecule has 0 saturated carbocycles. The van der Waals surface area contributed by atoms with Crippen molar-refractivity contribution in [3.63, 3.8) is 0 Å². The van der Waals surface area contributed by atoms with Crippen LogP contribution in [0.3, 0.4) is 0 Å². The van der Waals surface area contributed by atoms with Gasteiger partial charge in [-0.1, -0.05) is 30.3 Å². The lowest BCUT2D eigenvalue weighted by Gasteiger charge is -2.23. The van der Waals surface area contributed by atoms with Gasteiger partial charge in [-0.15, -0.1) is 0 Å². The van der Waals surface area contributed by atoms with E-state index in [0.29, 0.717) is 11.3 Å². The number of amides is 1. The van der Waals surface area contributed by atoms with Gasteiger partial charge in [0, 0.05) is 24.6 Å². The summed E-state index contributed by atoms with van der Waals surface area (Å²) in [6.45, 7) is 2.77. The number of pyridine rings is 1. The number of benzene rings is 2. The summed E-state index contributed by atoms with van der Waals surface area (Å²) in [7, 11) is 0. The predicted octanol–water partition coefficient (Wildman–Crippen LogP) is 3.95. The van der Waals surface area contributed by atoms with Crippen LogP contribution in [0.1, 0.15) is 21.5 Å². The minimum Gasteiger partial charge on any atom is -0.339 e. The maximum Gasteiger partial charge on any atom is 0.270 e. The number of hydrogen-bond donors (Lipinski definition) is 1. The molecule has 5 rings (SSSR count). The maximum absolute atomic E-state index is 13.0. The number of anilines is 3. The Balaban J connectivity index is 1.50. The van der Waals surface area contributed by atoms with Crippen LogP contribution in [0.4, 0.5) is 17.1 Å². The van der Waals surface area contributed by atoms with E-state index >= 15 is 0 Å². The normalized spacial score (nSPS) is 12.8. The van der Waals surface area contributed by atoms with E-state index < -0.39 is 5.91 Å². The Morgan fingerprint density at radius 2 is 1.80 bits per heavy atom. The SMILES string of the molecule is Cc1ccn2c(=O)c(C(=O)Nc3ccccc3N3CCc4ccccc43)cnc2c1. The molecule has 1 aliphatic heterocycles. The fourth-order valence-corrected chi connectivity index (χ4v) is 3.93. The molecule has 1 aliphatic rings. The van der Waals surface area contributed by atoms with Crippen molar-refractivity contribution in [1.29, 1.82) is 0 Å². The first kappa shape index (κ1) is 18.1.